The molecule has 2 aromatic rings. The zero-order valence-electron chi connectivity index (χ0n) is 9.24. The molecule has 1 N–H and O–H groups in total. The van der Waals surface area contributed by atoms with Gasteiger partial charge in [0.15, 0.2) is 0 Å². The van der Waals surface area contributed by atoms with Crippen LogP contribution in [0.25, 0.3) is 16.8 Å². The van der Waals surface area contributed by atoms with E-state index in [4.69, 9.17) is 0 Å². The molecule has 1 amide bonds. The van der Waals surface area contributed by atoms with Crippen LogP contribution in [0.1, 0.15) is 11.1 Å². The van der Waals surface area contributed by atoms with Gasteiger partial charge in [-0.2, -0.15) is 0 Å². The van der Waals surface area contributed by atoms with Gasteiger partial charge in [-0.05, 0) is 34.0 Å². The maximum atomic E-state index is 10.8. The lowest BCUT2D eigenvalue weighted by Crippen LogP contribution is -2.14. The number of hydrogen-bond donors (Lipinski definition) is 1. The summed E-state index contributed by atoms with van der Waals surface area (Å²) in [6, 6.07) is 12.4. The van der Waals surface area contributed by atoms with Crippen molar-refractivity contribution in [2.24, 2.45) is 0 Å². The highest BCUT2D eigenvalue weighted by atomic mass is 127. The molecule has 2 nitrogen and oxygen atoms in total. The third-order valence-corrected chi connectivity index (χ3v) is 2.98. The van der Waals surface area contributed by atoms with Gasteiger partial charge in [-0.25, -0.2) is 0 Å². The lowest BCUT2D eigenvalue weighted by Gasteiger charge is -2.05. The van der Waals surface area contributed by atoms with Gasteiger partial charge < -0.3 is 5.32 Å². The summed E-state index contributed by atoms with van der Waals surface area (Å²) < 4.78 is -0.0373. The summed E-state index contributed by atoms with van der Waals surface area (Å²) in [5, 5.41) is 5.14. The molecule has 0 saturated heterocycles. The minimum absolute atomic E-state index is 0.0373. The average Bonchev–Trinajstić information content (AvgIpc) is 2.35. The Bertz CT molecular complexity index is 577. The quantitative estimate of drug-likeness (QED) is 0.509. The summed E-state index contributed by atoms with van der Waals surface area (Å²) in [5.74, 6) is 0. The number of benzene rings is 2. The van der Waals surface area contributed by atoms with Crippen molar-refractivity contribution in [3.8, 4) is 0 Å². The van der Waals surface area contributed by atoms with E-state index in [2.05, 4.69) is 36.2 Å². The molecule has 0 aliphatic rings. The zero-order valence-corrected chi connectivity index (χ0v) is 11.4. The van der Waals surface area contributed by atoms with Gasteiger partial charge in [0, 0.05) is 29.1 Å². The van der Waals surface area contributed by atoms with Crippen LogP contribution in [0.2, 0.25) is 0 Å². The van der Waals surface area contributed by atoms with Gasteiger partial charge in [-0.15, -0.1) is 0 Å². The van der Waals surface area contributed by atoms with Gasteiger partial charge >= 0.3 is 0 Å². The van der Waals surface area contributed by atoms with Crippen LogP contribution in [0.5, 0.6) is 0 Å². The Morgan fingerprint density at radius 2 is 1.94 bits per heavy atom. The predicted molar refractivity (Wildman–Crippen MR) is 80.3 cm³/mol. The van der Waals surface area contributed by atoms with Crippen molar-refractivity contribution in [1.29, 1.82) is 0 Å². The number of fused-ring (bicyclic) bond motifs is 1. The normalized spacial score (nSPS) is 10.2. The Hall–Kier alpha value is -1.36. The van der Waals surface area contributed by atoms with E-state index in [1.165, 1.54) is 10.8 Å². The number of rotatable bonds is 3. The van der Waals surface area contributed by atoms with Crippen molar-refractivity contribution in [3.05, 3.63) is 54.1 Å². The van der Waals surface area contributed by atoms with E-state index in [9.17, 15) is 4.79 Å². The molecular weight excluding hydrogens is 325 g/mol. The van der Waals surface area contributed by atoms with E-state index >= 15 is 0 Å². The maximum Gasteiger partial charge on any atom is 0.280 e. The molecule has 0 radical (unpaired) electrons. The highest BCUT2D eigenvalue weighted by Gasteiger charge is 1.99. The van der Waals surface area contributed by atoms with Crippen molar-refractivity contribution >= 4 is 43.4 Å². The van der Waals surface area contributed by atoms with E-state index in [-0.39, 0.29) is 3.91 Å². The number of amides is 1. The summed E-state index contributed by atoms with van der Waals surface area (Å²) in [7, 11) is 0. The molecule has 17 heavy (non-hydrogen) atoms. The van der Waals surface area contributed by atoms with Crippen LogP contribution < -0.4 is 5.32 Å². The number of hydrogen-bond acceptors (Lipinski definition) is 1. The lowest BCUT2D eigenvalue weighted by molar-refractivity contribution is 0.262. The SMILES string of the molecule is C=Cc1ccc2cc(CNC(=O)I)ccc2c1. The van der Waals surface area contributed by atoms with Crippen LogP contribution in [0.3, 0.4) is 0 Å². The highest BCUT2D eigenvalue weighted by molar-refractivity contribution is 14.1. The van der Waals surface area contributed by atoms with Crippen LogP contribution in [-0.2, 0) is 6.54 Å². The van der Waals surface area contributed by atoms with Crippen molar-refractivity contribution in [2.45, 2.75) is 6.54 Å². The first kappa shape index (κ1) is 12.1. The fourth-order valence-electron chi connectivity index (χ4n) is 1.72. The van der Waals surface area contributed by atoms with E-state index in [1.54, 1.807) is 22.6 Å². The van der Waals surface area contributed by atoms with Gasteiger partial charge in [0.05, 0.1) is 0 Å². The molecular formula is C14H12INO. The second kappa shape index (κ2) is 5.31. The first-order valence-corrected chi connectivity index (χ1v) is 6.35. The van der Waals surface area contributed by atoms with Gasteiger partial charge in [0.1, 0.15) is 0 Å². The van der Waals surface area contributed by atoms with Crippen LogP contribution in [0.4, 0.5) is 4.79 Å². The topological polar surface area (TPSA) is 29.1 Å². The molecule has 0 spiro atoms. The van der Waals surface area contributed by atoms with Crippen LogP contribution in [-0.4, -0.2) is 3.91 Å². The zero-order chi connectivity index (χ0) is 12.3. The first-order chi connectivity index (χ1) is 8.19. The Morgan fingerprint density at radius 1 is 1.24 bits per heavy atom. The molecule has 0 aliphatic carbocycles. The molecule has 2 aromatic carbocycles. The third-order valence-electron chi connectivity index (χ3n) is 2.60. The summed E-state index contributed by atoms with van der Waals surface area (Å²) in [6.45, 7) is 4.33. The van der Waals surface area contributed by atoms with E-state index in [0.717, 1.165) is 11.1 Å². The molecule has 86 valence electrons. The molecule has 0 atom stereocenters. The second-order valence-electron chi connectivity index (χ2n) is 3.77. The Labute approximate surface area is 114 Å². The fraction of sp³-hybridized carbons (Fsp3) is 0.0714. The minimum Gasteiger partial charge on any atom is -0.343 e. The molecule has 3 heteroatoms. The molecule has 0 fully saturated rings. The highest BCUT2D eigenvalue weighted by Crippen LogP contribution is 2.18. The molecule has 0 heterocycles. The maximum absolute atomic E-state index is 10.8. The van der Waals surface area contributed by atoms with E-state index in [0.29, 0.717) is 6.54 Å². The van der Waals surface area contributed by atoms with Crippen molar-refractivity contribution < 1.29 is 4.79 Å². The van der Waals surface area contributed by atoms with Crippen LogP contribution in [0, 0.1) is 0 Å². The van der Waals surface area contributed by atoms with Crippen LogP contribution in [0.15, 0.2) is 43.0 Å². The summed E-state index contributed by atoms with van der Waals surface area (Å²) in [5.41, 5.74) is 2.22. The number of nitrogens with one attached hydrogen (secondary N) is 1. The molecule has 2 rings (SSSR count). The number of carbonyl (C=O) groups excluding carboxylic acids is 1. The van der Waals surface area contributed by atoms with Gasteiger partial charge in [0.2, 0.25) is 0 Å². The largest absolute Gasteiger partial charge is 0.343 e. The minimum atomic E-state index is -0.0373. The Kier molecular flexibility index (Phi) is 3.78. The summed E-state index contributed by atoms with van der Waals surface area (Å²) in [4.78, 5) is 10.8. The molecule has 0 unspecified atom stereocenters. The average molecular weight is 337 g/mol. The monoisotopic (exact) mass is 337 g/mol. The van der Waals surface area contributed by atoms with Gasteiger partial charge in [-0.1, -0.05) is 36.9 Å². The fourth-order valence-corrected chi connectivity index (χ4v) is 1.91. The first-order valence-electron chi connectivity index (χ1n) is 5.27. The van der Waals surface area contributed by atoms with Crippen molar-refractivity contribution in [1.82, 2.24) is 5.32 Å². The molecule has 0 aromatic heterocycles. The van der Waals surface area contributed by atoms with Crippen LogP contribution >= 0.6 is 22.6 Å². The van der Waals surface area contributed by atoms with E-state index < -0.39 is 0 Å². The van der Waals surface area contributed by atoms with E-state index in [1.807, 2.05) is 18.2 Å². The van der Waals surface area contributed by atoms with Gasteiger partial charge in [-0.3, -0.25) is 4.79 Å². The smallest absolute Gasteiger partial charge is 0.280 e. The molecule has 0 saturated carbocycles. The van der Waals surface area contributed by atoms with Gasteiger partial charge in [0.25, 0.3) is 3.91 Å². The predicted octanol–water partition coefficient (Wildman–Crippen LogP) is 4.13. The number of carbonyl (C=O) groups is 1. The molecule has 0 aliphatic heterocycles. The Balaban J connectivity index is 2.31. The summed E-state index contributed by atoms with van der Waals surface area (Å²) in [6.07, 6.45) is 1.84. The lowest BCUT2D eigenvalue weighted by atomic mass is 10.0. The summed E-state index contributed by atoms with van der Waals surface area (Å²) >= 11 is 1.74. The second-order valence-corrected chi connectivity index (χ2v) is 4.75. The van der Waals surface area contributed by atoms with Crippen molar-refractivity contribution in [3.63, 3.8) is 0 Å². The van der Waals surface area contributed by atoms with Crippen molar-refractivity contribution in [2.75, 3.05) is 0 Å². The third kappa shape index (κ3) is 3.06. The Morgan fingerprint density at radius 3 is 2.65 bits per heavy atom. The molecule has 0 bridgehead atoms. The number of halogens is 1. The standard InChI is InChI=1S/C14H12INO/c1-2-10-3-5-13-8-11(9-16-14(15)17)4-6-12(13)7-10/h2-8H,1,9H2,(H,16,17).